The van der Waals surface area contributed by atoms with E-state index in [1.807, 2.05) is 24.8 Å². The van der Waals surface area contributed by atoms with Crippen LogP contribution in [0.3, 0.4) is 0 Å². The zero-order valence-electron chi connectivity index (χ0n) is 16.9. The summed E-state index contributed by atoms with van der Waals surface area (Å²) in [6.07, 6.45) is 5.00. The fraction of sp³-hybridized carbons (Fsp3) is 0.381. The van der Waals surface area contributed by atoms with E-state index in [1.54, 1.807) is 0 Å². The van der Waals surface area contributed by atoms with Gasteiger partial charge in [-0.1, -0.05) is 0 Å². The third-order valence-corrected chi connectivity index (χ3v) is 5.79. The first kappa shape index (κ1) is 18.7. The van der Waals surface area contributed by atoms with Crippen LogP contribution in [0, 0.1) is 19.7 Å². The molecule has 0 radical (unpaired) electrons. The molecular weight excluding hydrogens is 385 g/mol. The highest BCUT2D eigenvalue weighted by Crippen LogP contribution is 2.34. The van der Waals surface area contributed by atoms with Gasteiger partial charge in [0.15, 0.2) is 0 Å². The minimum Gasteiger partial charge on any atom is -0.334 e. The number of hydrogen-bond acceptors (Lipinski definition) is 6. The summed E-state index contributed by atoms with van der Waals surface area (Å²) in [5.74, 6) is 0.0680. The lowest BCUT2D eigenvalue weighted by molar-refractivity contribution is 0.0716. The quantitative estimate of drug-likeness (QED) is 0.663. The van der Waals surface area contributed by atoms with E-state index >= 15 is 0 Å². The van der Waals surface area contributed by atoms with E-state index in [1.165, 1.54) is 35.4 Å². The number of nitrogens with zero attached hydrogens (tertiary/aromatic N) is 7. The van der Waals surface area contributed by atoms with E-state index in [9.17, 15) is 9.18 Å². The monoisotopic (exact) mass is 407 g/mol. The van der Waals surface area contributed by atoms with E-state index in [2.05, 4.69) is 25.1 Å². The third kappa shape index (κ3) is 3.20. The second-order valence-electron chi connectivity index (χ2n) is 7.93. The molecule has 0 saturated carbocycles. The van der Waals surface area contributed by atoms with Crippen molar-refractivity contribution in [1.29, 1.82) is 0 Å². The van der Waals surface area contributed by atoms with Gasteiger partial charge in [0.05, 0.1) is 23.6 Å². The Kier molecular flexibility index (Phi) is 4.45. The van der Waals surface area contributed by atoms with Gasteiger partial charge < -0.3 is 9.80 Å². The Bertz CT molecular complexity index is 1070. The molecule has 9 heteroatoms. The van der Waals surface area contributed by atoms with Crippen LogP contribution in [0.5, 0.6) is 0 Å². The highest BCUT2D eigenvalue weighted by atomic mass is 19.1. The van der Waals surface area contributed by atoms with Gasteiger partial charge in [0, 0.05) is 36.6 Å². The number of anilines is 1. The SMILES string of the molecule is Cc1cc(C)nc(N2C3CCC2CN(C(=O)c2cc(F)ccc2-n2nccn2)C3)n1. The van der Waals surface area contributed by atoms with Gasteiger partial charge in [-0.3, -0.25) is 4.79 Å². The fourth-order valence-electron chi connectivity index (χ4n) is 4.58. The summed E-state index contributed by atoms with van der Waals surface area (Å²) in [6, 6.07) is 6.37. The molecule has 30 heavy (non-hydrogen) atoms. The van der Waals surface area contributed by atoms with Crippen LogP contribution >= 0.6 is 0 Å². The van der Waals surface area contributed by atoms with Crippen molar-refractivity contribution in [3.63, 3.8) is 0 Å². The Morgan fingerprint density at radius 3 is 2.27 bits per heavy atom. The van der Waals surface area contributed by atoms with E-state index in [4.69, 9.17) is 0 Å². The van der Waals surface area contributed by atoms with Gasteiger partial charge in [-0.25, -0.2) is 14.4 Å². The number of hydrogen-bond donors (Lipinski definition) is 0. The van der Waals surface area contributed by atoms with Gasteiger partial charge >= 0.3 is 0 Å². The Morgan fingerprint density at radius 1 is 1.00 bits per heavy atom. The van der Waals surface area contributed by atoms with Gasteiger partial charge in [-0.05, 0) is 51.0 Å². The number of piperazine rings is 1. The van der Waals surface area contributed by atoms with E-state index in [0.29, 0.717) is 18.8 Å². The van der Waals surface area contributed by atoms with Gasteiger partial charge in [0.25, 0.3) is 5.91 Å². The number of likely N-dealkylation sites (tertiary alicyclic amines) is 1. The van der Waals surface area contributed by atoms with Crippen molar-refractivity contribution in [3.05, 3.63) is 59.4 Å². The molecule has 2 aromatic heterocycles. The van der Waals surface area contributed by atoms with Crippen LogP contribution in [0.15, 0.2) is 36.7 Å². The molecule has 2 aliphatic heterocycles. The Hall–Kier alpha value is -3.36. The van der Waals surface area contributed by atoms with E-state index < -0.39 is 5.82 Å². The maximum Gasteiger partial charge on any atom is 0.256 e. The van der Waals surface area contributed by atoms with Gasteiger partial charge in [-0.15, -0.1) is 0 Å². The zero-order valence-corrected chi connectivity index (χ0v) is 16.9. The number of halogens is 1. The number of aryl methyl sites for hydroxylation is 2. The number of rotatable bonds is 3. The molecule has 4 heterocycles. The molecule has 0 N–H and O–H groups in total. The first-order chi connectivity index (χ1) is 14.5. The van der Waals surface area contributed by atoms with Crippen molar-refractivity contribution in [2.45, 2.75) is 38.8 Å². The van der Waals surface area contributed by atoms with Crippen LogP contribution in [0.2, 0.25) is 0 Å². The van der Waals surface area contributed by atoms with Crippen LogP contribution in [0.25, 0.3) is 5.69 Å². The topological polar surface area (TPSA) is 80.0 Å². The van der Waals surface area contributed by atoms with Crippen molar-refractivity contribution >= 4 is 11.9 Å². The number of fused-ring (bicyclic) bond motifs is 2. The molecule has 1 amide bonds. The van der Waals surface area contributed by atoms with E-state index in [0.717, 1.165) is 30.2 Å². The number of carbonyl (C=O) groups is 1. The smallest absolute Gasteiger partial charge is 0.256 e. The second kappa shape index (κ2) is 7.16. The van der Waals surface area contributed by atoms with Gasteiger partial charge in [0.1, 0.15) is 5.82 Å². The van der Waals surface area contributed by atoms with Crippen molar-refractivity contribution in [2.75, 3.05) is 18.0 Å². The molecule has 8 nitrogen and oxygen atoms in total. The van der Waals surface area contributed by atoms with Crippen LogP contribution < -0.4 is 4.90 Å². The third-order valence-electron chi connectivity index (χ3n) is 5.79. The molecule has 2 aliphatic rings. The van der Waals surface area contributed by atoms with Crippen LogP contribution in [-0.4, -0.2) is 60.9 Å². The summed E-state index contributed by atoms with van der Waals surface area (Å²) in [6.45, 7) is 5.03. The number of aromatic nitrogens is 5. The predicted octanol–water partition coefficient (Wildman–Crippen LogP) is 2.31. The standard InChI is InChI=1S/C21H22FN7O/c1-13-9-14(2)26-21(25-13)28-16-4-5-17(28)12-27(11-16)20(30)18-10-15(22)3-6-19(18)29-23-7-8-24-29/h3,6-10,16-17H,4-5,11-12H2,1-2H3. The van der Waals surface area contributed by atoms with Crippen LogP contribution in [0.4, 0.5) is 10.3 Å². The Balaban J connectivity index is 1.43. The maximum atomic E-state index is 14.0. The average molecular weight is 407 g/mol. The van der Waals surface area contributed by atoms with Crippen molar-refractivity contribution in [1.82, 2.24) is 29.9 Å². The number of benzene rings is 1. The summed E-state index contributed by atoms with van der Waals surface area (Å²) in [5, 5.41) is 8.20. The summed E-state index contributed by atoms with van der Waals surface area (Å²) in [5.41, 5.74) is 2.61. The molecule has 3 aromatic rings. The molecule has 0 spiro atoms. The normalized spacial score (nSPS) is 20.6. The molecule has 2 bridgehead atoms. The molecule has 0 aliphatic carbocycles. The molecule has 5 rings (SSSR count). The van der Waals surface area contributed by atoms with Crippen LogP contribution in [0.1, 0.15) is 34.6 Å². The highest BCUT2D eigenvalue weighted by molar-refractivity contribution is 5.98. The zero-order chi connectivity index (χ0) is 20.8. The summed E-state index contributed by atoms with van der Waals surface area (Å²) in [4.78, 5) is 28.0. The van der Waals surface area contributed by atoms with E-state index in [-0.39, 0.29) is 23.6 Å². The molecule has 2 saturated heterocycles. The average Bonchev–Trinajstić information content (AvgIpc) is 3.33. The van der Waals surface area contributed by atoms with Crippen molar-refractivity contribution in [3.8, 4) is 5.69 Å². The lowest BCUT2D eigenvalue weighted by atomic mass is 10.1. The second-order valence-corrected chi connectivity index (χ2v) is 7.93. The summed E-state index contributed by atoms with van der Waals surface area (Å²) >= 11 is 0. The minimum absolute atomic E-state index is 0.147. The van der Waals surface area contributed by atoms with Gasteiger partial charge in [0.2, 0.25) is 5.95 Å². The summed E-state index contributed by atoms with van der Waals surface area (Å²) < 4.78 is 14.0. The molecular formula is C21H22FN7O. The predicted molar refractivity (Wildman–Crippen MR) is 108 cm³/mol. The minimum atomic E-state index is -0.459. The Morgan fingerprint density at radius 2 is 1.63 bits per heavy atom. The van der Waals surface area contributed by atoms with Crippen LogP contribution in [-0.2, 0) is 0 Å². The van der Waals surface area contributed by atoms with Gasteiger partial charge in [-0.2, -0.15) is 15.0 Å². The number of amides is 1. The molecule has 1 aromatic carbocycles. The first-order valence-corrected chi connectivity index (χ1v) is 10.1. The first-order valence-electron chi connectivity index (χ1n) is 10.1. The highest BCUT2D eigenvalue weighted by Gasteiger charge is 2.43. The molecule has 2 atom stereocenters. The lowest BCUT2D eigenvalue weighted by Gasteiger charge is -2.41. The lowest BCUT2D eigenvalue weighted by Crippen LogP contribution is -2.56. The Labute approximate surface area is 173 Å². The van der Waals surface area contributed by atoms with Crippen molar-refractivity contribution < 1.29 is 9.18 Å². The molecule has 154 valence electrons. The number of carbonyl (C=O) groups excluding carboxylic acids is 1. The van der Waals surface area contributed by atoms with Crippen molar-refractivity contribution in [2.24, 2.45) is 0 Å². The largest absolute Gasteiger partial charge is 0.334 e. The molecule has 2 fully saturated rings. The fourth-order valence-corrected chi connectivity index (χ4v) is 4.58. The summed E-state index contributed by atoms with van der Waals surface area (Å²) in [7, 11) is 0. The maximum absolute atomic E-state index is 14.0. The molecule has 2 unspecified atom stereocenters.